The van der Waals surface area contributed by atoms with Crippen molar-refractivity contribution in [1.82, 2.24) is 15.0 Å². The SMILES string of the molecule is CC(C)c1ccc2c(Nc3cc(NC(=O)c4ccccc4F)ccc3Oc3ccc(NC(=O)OC(C)(C)C)cc3)ncnc2n1. The van der Waals surface area contributed by atoms with Crippen LogP contribution in [0, 0.1) is 5.82 Å². The van der Waals surface area contributed by atoms with E-state index in [0.29, 0.717) is 45.4 Å². The van der Waals surface area contributed by atoms with Crippen molar-refractivity contribution in [3.05, 3.63) is 102 Å². The number of rotatable bonds is 8. The van der Waals surface area contributed by atoms with Crippen LogP contribution in [-0.2, 0) is 4.74 Å². The van der Waals surface area contributed by atoms with Gasteiger partial charge in [-0.3, -0.25) is 10.1 Å². The third-order valence-corrected chi connectivity index (χ3v) is 6.45. The topological polar surface area (TPSA) is 127 Å². The number of carbonyl (C=O) groups excluding carboxylic acids is 2. The van der Waals surface area contributed by atoms with E-state index in [-0.39, 0.29) is 11.5 Å². The molecule has 0 bridgehead atoms. The van der Waals surface area contributed by atoms with Crippen molar-refractivity contribution in [2.45, 2.75) is 46.1 Å². The summed E-state index contributed by atoms with van der Waals surface area (Å²) in [6, 6.07) is 21.3. The zero-order chi connectivity index (χ0) is 32.1. The van der Waals surface area contributed by atoms with Gasteiger partial charge in [0.15, 0.2) is 11.4 Å². The fourth-order valence-electron chi connectivity index (χ4n) is 4.30. The molecule has 2 aromatic heterocycles. The maximum absolute atomic E-state index is 14.3. The van der Waals surface area contributed by atoms with Crippen molar-refractivity contribution in [3.8, 4) is 11.5 Å². The molecule has 0 saturated carbocycles. The Morgan fingerprint density at radius 3 is 2.31 bits per heavy atom. The van der Waals surface area contributed by atoms with E-state index in [1.54, 1.807) is 69.3 Å². The maximum atomic E-state index is 14.3. The molecule has 45 heavy (non-hydrogen) atoms. The number of pyridine rings is 1. The Balaban J connectivity index is 1.44. The van der Waals surface area contributed by atoms with Crippen LogP contribution in [0.25, 0.3) is 11.0 Å². The molecule has 10 nitrogen and oxygen atoms in total. The fraction of sp³-hybridized carbons (Fsp3) is 0.206. The number of hydrogen-bond donors (Lipinski definition) is 3. The second kappa shape index (κ2) is 13.0. The summed E-state index contributed by atoms with van der Waals surface area (Å²) in [6.45, 7) is 9.47. The number of aromatic nitrogens is 3. The Hall–Kier alpha value is -5.58. The first-order valence-corrected chi connectivity index (χ1v) is 14.3. The van der Waals surface area contributed by atoms with Gasteiger partial charge in [-0.05, 0) is 93.4 Å². The number of benzene rings is 3. The van der Waals surface area contributed by atoms with Crippen molar-refractivity contribution in [2.75, 3.05) is 16.0 Å². The molecule has 230 valence electrons. The number of carbonyl (C=O) groups is 2. The van der Waals surface area contributed by atoms with Gasteiger partial charge in [0.05, 0.1) is 16.6 Å². The Kier molecular flexibility index (Phi) is 8.89. The average Bonchev–Trinajstić information content (AvgIpc) is 2.98. The highest BCUT2D eigenvalue weighted by molar-refractivity contribution is 6.05. The van der Waals surface area contributed by atoms with Crippen LogP contribution < -0.4 is 20.7 Å². The Morgan fingerprint density at radius 1 is 0.867 bits per heavy atom. The van der Waals surface area contributed by atoms with Crippen molar-refractivity contribution >= 4 is 45.9 Å². The number of hydrogen-bond acceptors (Lipinski definition) is 8. The van der Waals surface area contributed by atoms with Gasteiger partial charge in [-0.25, -0.2) is 24.1 Å². The van der Waals surface area contributed by atoms with Gasteiger partial charge in [0, 0.05) is 17.1 Å². The number of nitrogens with zero attached hydrogens (tertiary/aromatic N) is 3. The standard InChI is InChI=1S/C34H33FN6O4/c1-20(2)27-16-15-25-30(40-27)36-19-37-31(25)41-28-18-22(38-32(42)24-8-6-7-9-26(24)35)12-17-29(28)44-23-13-10-21(11-14-23)39-33(43)45-34(3,4)5/h6-20H,1-5H3,(H,38,42)(H,39,43)(H,36,37,40,41). The summed E-state index contributed by atoms with van der Waals surface area (Å²) >= 11 is 0. The van der Waals surface area contributed by atoms with Crippen LogP contribution in [0.5, 0.6) is 11.5 Å². The van der Waals surface area contributed by atoms with Crippen molar-refractivity contribution in [3.63, 3.8) is 0 Å². The van der Waals surface area contributed by atoms with Crippen LogP contribution >= 0.6 is 0 Å². The van der Waals surface area contributed by atoms with Gasteiger partial charge < -0.3 is 20.1 Å². The second-order valence-corrected chi connectivity index (χ2v) is 11.5. The van der Waals surface area contributed by atoms with E-state index in [1.807, 2.05) is 12.1 Å². The quantitative estimate of drug-likeness (QED) is 0.160. The van der Waals surface area contributed by atoms with Gasteiger partial charge in [-0.15, -0.1) is 0 Å². The van der Waals surface area contributed by atoms with Crippen LogP contribution in [0.2, 0.25) is 0 Å². The monoisotopic (exact) mass is 608 g/mol. The summed E-state index contributed by atoms with van der Waals surface area (Å²) in [5.74, 6) is 0.359. The lowest BCUT2D eigenvalue weighted by Crippen LogP contribution is -2.27. The van der Waals surface area contributed by atoms with E-state index in [2.05, 4.69) is 44.7 Å². The molecule has 0 atom stereocenters. The Morgan fingerprint density at radius 2 is 1.60 bits per heavy atom. The van der Waals surface area contributed by atoms with E-state index in [1.165, 1.54) is 24.5 Å². The molecule has 0 unspecified atom stereocenters. The van der Waals surface area contributed by atoms with E-state index < -0.39 is 23.4 Å². The lowest BCUT2D eigenvalue weighted by molar-refractivity contribution is 0.0635. The number of amides is 2. The van der Waals surface area contributed by atoms with Gasteiger partial charge in [-0.2, -0.15) is 0 Å². The van der Waals surface area contributed by atoms with Gasteiger partial charge in [-0.1, -0.05) is 26.0 Å². The normalized spacial score (nSPS) is 11.3. The smallest absolute Gasteiger partial charge is 0.412 e. The molecule has 2 heterocycles. The molecule has 0 saturated heterocycles. The van der Waals surface area contributed by atoms with Crippen molar-refractivity contribution < 1.29 is 23.5 Å². The fourth-order valence-corrected chi connectivity index (χ4v) is 4.30. The summed E-state index contributed by atoms with van der Waals surface area (Å²) in [5.41, 5.74) is 2.11. The number of halogens is 1. The lowest BCUT2D eigenvalue weighted by atomic mass is 10.1. The maximum Gasteiger partial charge on any atom is 0.412 e. The molecule has 11 heteroatoms. The Labute approximate surface area is 260 Å². The molecular formula is C34H33FN6O4. The summed E-state index contributed by atoms with van der Waals surface area (Å²) < 4.78 is 25.8. The molecule has 3 N–H and O–H groups in total. The van der Waals surface area contributed by atoms with Gasteiger partial charge in [0.1, 0.15) is 29.3 Å². The lowest BCUT2D eigenvalue weighted by Gasteiger charge is -2.19. The minimum Gasteiger partial charge on any atom is -0.455 e. The average molecular weight is 609 g/mol. The van der Waals surface area contributed by atoms with Crippen molar-refractivity contribution in [2.24, 2.45) is 0 Å². The molecule has 5 rings (SSSR count). The van der Waals surface area contributed by atoms with Crippen LogP contribution in [0.15, 0.2) is 85.2 Å². The van der Waals surface area contributed by atoms with E-state index in [4.69, 9.17) is 9.47 Å². The molecule has 0 fully saturated rings. The first-order chi connectivity index (χ1) is 21.4. The van der Waals surface area contributed by atoms with Gasteiger partial charge >= 0.3 is 6.09 Å². The minimum absolute atomic E-state index is 0.0822. The summed E-state index contributed by atoms with van der Waals surface area (Å²) in [5, 5.41) is 9.41. The number of ether oxygens (including phenoxy) is 2. The summed E-state index contributed by atoms with van der Waals surface area (Å²) in [6.07, 6.45) is 0.852. The first kappa shape index (κ1) is 30.9. The highest BCUT2D eigenvalue weighted by Gasteiger charge is 2.17. The Bertz CT molecular complexity index is 1850. The number of anilines is 4. The molecule has 2 amide bonds. The molecule has 3 aromatic carbocycles. The molecule has 0 radical (unpaired) electrons. The first-order valence-electron chi connectivity index (χ1n) is 14.3. The molecule has 0 spiro atoms. The molecule has 0 aliphatic heterocycles. The predicted octanol–water partition coefficient (Wildman–Crippen LogP) is 8.42. The van der Waals surface area contributed by atoms with E-state index >= 15 is 0 Å². The van der Waals surface area contributed by atoms with Crippen LogP contribution in [0.4, 0.5) is 32.1 Å². The third-order valence-electron chi connectivity index (χ3n) is 6.45. The minimum atomic E-state index is -0.626. The van der Waals surface area contributed by atoms with Gasteiger partial charge in [0.25, 0.3) is 5.91 Å². The summed E-state index contributed by atoms with van der Waals surface area (Å²) in [4.78, 5) is 38.4. The van der Waals surface area contributed by atoms with E-state index in [0.717, 1.165) is 5.69 Å². The largest absolute Gasteiger partial charge is 0.455 e. The number of nitrogens with one attached hydrogen (secondary N) is 3. The second-order valence-electron chi connectivity index (χ2n) is 11.5. The highest BCUT2D eigenvalue weighted by atomic mass is 19.1. The van der Waals surface area contributed by atoms with Crippen LogP contribution in [0.3, 0.4) is 0 Å². The van der Waals surface area contributed by atoms with Crippen molar-refractivity contribution in [1.29, 1.82) is 0 Å². The predicted molar refractivity (Wildman–Crippen MR) is 172 cm³/mol. The molecule has 0 aliphatic rings. The van der Waals surface area contributed by atoms with Crippen LogP contribution in [0.1, 0.15) is 56.6 Å². The third kappa shape index (κ3) is 7.88. The highest BCUT2D eigenvalue weighted by Crippen LogP contribution is 2.36. The van der Waals surface area contributed by atoms with Gasteiger partial charge in [0.2, 0.25) is 0 Å². The molecule has 0 aliphatic carbocycles. The number of fused-ring (bicyclic) bond motifs is 1. The van der Waals surface area contributed by atoms with E-state index in [9.17, 15) is 14.0 Å². The zero-order valence-corrected chi connectivity index (χ0v) is 25.5. The summed E-state index contributed by atoms with van der Waals surface area (Å²) in [7, 11) is 0. The molecular weight excluding hydrogens is 575 g/mol. The zero-order valence-electron chi connectivity index (χ0n) is 25.5. The molecule has 5 aromatic rings. The van der Waals surface area contributed by atoms with Crippen LogP contribution in [-0.4, -0.2) is 32.6 Å².